The topological polar surface area (TPSA) is 40.1 Å². The largest absolute Gasteiger partial charge is 0.388 e. The second kappa shape index (κ2) is 1.80. The molecule has 0 aromatic rings. The molecule has 43 valence electrons. The van der Waals surface area contributed by atoms with Gasteiger partial charge in [-0.1, -0.05) is 0 Å². The summed E-state index contributed by atoms with van der Waals surface area (Å²) in [6.45, 7) is 4.45. The molecule has 0 amide bonds. The highest BCUT2D eigenvalue weighted by Gasteiger charge is 2.20. The Balaban J connectivity index is 3.54. The van der Waals surface area contributed by atoms with Crippen molar-refractivity contribution in [2.24, 2.45) is 0 Å². The molecule has 0 aliphatic heterocycles. The van der Waals surface area contributed by atoms with Crippen molar-refractivity contribution in [2.75, 3.05) is 0 Å². The lowest BCUT2D eigenvalue weighted by Crippen LogP contribution is -2.31. The van der Waals surface area contributed by atoms with Gasteiger partial charge in [0.05, 0.1) is 5.60 Å². The van der Waals surface area contributed by atoms with Crippen molar-refractivity contribution in [1.82, 2.24) is 0 Å². The molecule has 1 N–H and O–H groups in total. The van der Waals surface area contributed by atoms with Gasteiger partial charge >= 0.3 is 0 Å². The highest BCUT2D eigenvalue weighted by molar-refractivity contribution is 4.70. The Hall–Kier alpha value is -0.0800. The lowest BCUT2D eigenvalue weighted by Gasteiger charge is -2.17. The van der Waals surface area contributed by atoms with Crippen LogP contribution in [0, 0.1) is 0 Å². The van der Waals surface area contributed by atoms with Crippen LogP contribution in [0.3, 0.4) is 0 Å². The van der Waals surface area contributed by atoms with E-state index in [1.54, 1.807) is 0 Å². The van der Waals surface area contributed by atoms with Crippen molar-refractivity contribution in [1.29, 1.82) is 0 Å². The Bertz CT molecular complexity index is 51.6. The molecule has 0 aliphatic carbocycles. The minimum atomic E-state index is -1.06. The average molecular weight is 103 g/mol. The maximum absolute atomic E-state index is 10.3. The molecule has 0 saturated heterocycles. The van der Waals surface area contributed by atoms with Gasteiger partial charge in [-0.05, 0) is 20.8 Å². The fourth-order valence-corrected chi connectivity index (χ4v) is 0. The van der Waals surface area contributed by atoms with Gasteiger partial charge in [0.15, 0.2) is 0 Å². The summed E-state index contributed by atoms with van der Waals surface area (Å²) in [6, 6.07) is 0. The van der Waals surface area contributed by atoms with Gasteiger partial charge in [-0.25, -0.2) is 5.11 Å². The van der Waals surface area contributed by atoms with Gasteiger partial charge in [0.1, 0.15) is 6.10 Å². The van der Waals surface area contributed by atoms with E-state index < -0.39 is 11.7 Å². The van der Waals surface area contributed by atoms with E-state index in [-0.39, 0.29) is 0 Å². The van der Waals surface area contributed by atoms with E-state index in [0.29, 0.717) is 0 Å². The molecule has 2 nitrogen and oxygen atoms in total. The van der Waals surface area contributed by atoms with E-state index in [2.05, 4.69) is 0 Å². The lowest BCUT2D eigenvalue weighted by molar-refractivity contribution is -0.0717. The number of hydrogen-bond acceptors (Lipinski definition) is 1. The highest BCUT2D eigenvalue weighted by Crippen LogP contribution is 2.06. The van der Waals surface area contributed by atoms with E-state index in [0.717, 1.165) is 0 Å². The summed E-state index contributed by atoms with van der Waals surface area (Å²) in [5.41, 5.74) is -1.06. The first-order valence-corrected chi connectivity index (χ1v) is 2.33. The van der Waals surface area contributed by atoms with Crippen LogP contribution in [0.25, 0.3) is 0 Å². The molecular formula is C5H11O2. The highest BCUT2D eigenvalue weighted by atomic mass is 16.3. The second-order valence-electron chi connectivity index (χ2n) is 2.30. The third kappa shape index (κ3) is 2.60. The third-order valence-corrected chi connectivity index (χ3v) is 0.995. The predicted octanol–water partition coefficient (Wildman–Crippen LogP) is 0.576. The Morgan fingerprint density at radius 3 is 1.71 bits per heavy atom. The van der Waals surface area contributed by atoms with E-state index in [9.17, 15) is 5.11 Å². The summed E-state index contributed by atoms with van der Waals surface area (Å²) >= 11 is 0. The van der Waals surface area contributed by atoms with Gasteiger partial charge in [0, 0.05) is 0 Å². The molecule has 7 heavy (non-hydrogen) atoms. The molecule has 2 heteroatoms. The molecule has 0 aromatic carbocycles. The standard InChI is InChI=1S/C5H11O2/c1-4(6)5(2,3)7/h4,7H,1-3H3. The average Bonchev–Trinajstić information content (AvgIpc) is 1.31. The molecule has 0 spiro atoms. The second-order valence-corrected chi connectivity index (χ2v) is 2.30. The number of rotatable bonds is 1. The van der Waals surface area contributed by atoms with Crippen molar-refractivity contribution in [3.8, 4) is 0 Å². The van der Waals surface area contributed by atoms with Gasteiger partial charge < -0.3 is 5.11 Å². The van der Waals surface area contributed by atoms with Crippen molar-refractivity contribution < 1.29 is 10.2 Å². The summed E-state index contributed by atoms with van der Waals surface area (Å²) in [5, 5.41) is 19.1. The quantitative estimate of drug-likeness (QED) is 0.518. The normalized spacial score (nSPS) is 16.7. The van der Waals surface area contributed by atoms with Crippen molar-refractivity contribution in [3.05, 3.63) is 0 Å². The van der Waals surface area contributed by atoms with Crippen molar-refractivity contribution >= 4 is 0 Å². The molecule has 1 unspecified atom stereocenters. The van der Waals surface area contributed by atoms with Gasteiger partial charge in [-0.3, -0.25) is 0 Å². The molecule has 0 aromatic heterocycles. The molecule has 0 rings (SSSR count). The summed E-state index contributed by atoms with van der Waals surface area (Å²) in [5.74, 6) is 0. The maximum Gasteiger partial charge on any atom is 0.118 e. The number of hydrogen-bond donors (Lipinski definition) is 1. The van der Waals surface area contributed by atoms with E-state index in [4.69, 9.17) is 5.11 Å². The van der Waals surface area contributed by atoms with Crippen molar-refractivity contribution in [3.63, 3.8) is 0 Å². The summed E-state index contributed by atoms with van der Waals surface area (Å²) in [7, 11) is 0. The van der Waals surface area contributed by atoms with Crippen LogP contribution in [-0.2, 0) is 5.11 Å². The predicted molar refractivity (Wildman–Crippen MR) is 26.4 cm³/mol. The molecule has 0 aliphatic rings. The lowest BCUT2D eigenvalue weighted by atomic mass is 10.0. The minimum absolute atomic E-state index is 0.896. The van der Waals surface area contributed by atoms with E-state index >= 15 is 0 Å². The SMILES string of the molecule is CC([O])C(C)(C)O. The zero-order valence-electron chi connectivity index (χ0n) is 4.93. The molecular weight excluding hydrogens is 92.1 g/mol. The Morgan fingerprint density at radius 1 is 1.57 bits per heavy atom. The van der Waals surface area contributed by atoms with Crippen LogP contribution in [0.4, 0.5) is 0 Å². The third-order valence-electron chi connectivity index (χ3n) is 0.995. The van der Waals surface area contributed by atoms with Gasteiger partial charge in [0.2, 0.25) is 0 Å². The van der Waals surface area contributed by atoms with Crippen molar-refractivity contribution in [2.45, 2.75) is 32.5 Å². The van der Waals surface area contributed by atoms with Crippen LogP contribution in [0.1, 0.15) is 20.8 Å². The molecule has 0 saturated carbocycles. The molecule has 0 heterocycles. The maximum atomic E-state index is 10.3. The molecule has 1 radical (unpaired) electrons. The van der Waals surface area contributed by atoms with Crippen LogP contribution in [0.15, 0.2) is 0 Å². The zero-order chi connectivity index (χ0) is 6.08. The molecule has 0 bridgehead atoms. The number of aliphatic hydroxyl groups is 1. The zero-order valence-corrected chi connectivity index (χ0v) is 4.93. The summed E-state index contributed by atoms with van der Waals surface area (Å²) in [6.07, 6.45) is -0.896. The smallest absolute Gasteiger partial charge is 0.118 e. The molecule has 0 fully saturated rings. The fourth-order valence-electron chi connectivity index (χ4n) is 0. The Labute approximate surface area is 43.8 Å². The first-order chi connectivity index (χ1) is 2.94. The van der Waals surface area contributed by atoms with Crippen LogP contribution in [-0.4, -0.2) is 16.8 Å². The van der Waals surface area contributed by atoms with Gasteiger partial charge in [-0.2, -0.15) is 0 Å². The summed E-state index contributed by atoms with van der Waals surface area (Å²) < 4.78 is 0. The fraction of sp³-hybridized carbons (Fsp3) is 1.00. The Morgan fingerprint density at radius 2 is 1.71 bits per heavy atom. The van der Waals surface area contributed by atoms with E-state index in [1.165, 1.54) is 20.8 Å². The van der Waals surface area contributed by atoms with Crippen LogP contribution >= 0.6 is 0 Å². The summed E-state index contributed by atoms with van der Waals surface area (Å²) in [4.78, 5) is 0. The van der Waals surface area contributed by atoms with Gasteiger partial charge in [0.25, 0.3) is 0 Å². The van der Waals surface area contributed by atoms with E-state index in [1.807, 2.05) is 0 Å². The monoisotopic (exact) mass is 103 g/mol. The van der Waals surface area contributed by atoms with Crippen LogP contribution < -0.4 is 0 Å². The first-order valence-electron chi connectivity index (χ1n) is 2.33. The molecule has 1 atom stereocenters. The van der Waals surface area contributed by atoms with Gasteiger partial charge in [-0.15, -0.1) is 0 Å². The first kappa shape index (κ1) is 6.92. The Kier molecular flexibility index (Phi) is 1.78. The minimum Gasteiger partial charge on any atom is -0.388 e. The van der Waals surface area contributed by atoms with Crippen LogP contribution in [0.2, 0.25) is 0 Å². The van der Waals surface area contributed by atoms with Crippen LogP contribution in [0.5, 0.6) is 0 Å².